The van der Waals surface area contributed by atoms with Gasteiger partial charge in [0.15, 0.2) is 34.0 Å². The van der Waals surface area contributed by atoms with E-state index in [9.17, 15) is 28.4 Å². The van der Waals surface area contributed by atoms with Gasteiger partial charge in [-0.25, -0.2) is 9.29 Å². The van der Waals surface area contributed by atoms with E-state index in [-0.39, 0.29) is 14.3 Å². The normalized spacial score (nSPS) is 25.0. The van der Waals surface area contributed by atoms with Gasteiger partial charge in [-0.05, 0) is 36.0 Å². The standard InChI is InChI=1S/C25H25FN2O10S3/c1-11(29)34-10-17-19(35-12(2)30)20(36-13(3)31)21(37-14(4)32)22(38-17)27-24(39)28-23(33)18(41-25(28)40)9-15-5-7-16(26)8-6-15/h5-9,17,19-22H,10H2,1-4H3,(H,27,39)/b18-9-. The summed E-state index contributed by atoms with van der Waals surface area (Å²) < 4.78 is 40.4. The molecule has 2 saturated heterocycles. The minimum absolute atomic E-state index is 0.0616. The molecule has 0 aliphatic carbocycles. The van der Waals surface area contributed by atoms with Crippen molar-refractivity contribution in [1.82, 2.24) is 10.2 Å². The van der Waals surface area contributed by atoms with E-state index < -0.39 is 72.9 Å². The zero-order chi connectivity index (χ0) is 30.4. The van der Waals surface area contributed by atoms with Crippen molar-refractivity contribution in [3.05, 3.63) is 40.6 Å². The molecule has 3 rings (SSSR count). The monoisotopic (exact) mass is 628 g/mol. The lowest BCUT2D eigenvalue weighted by Gasteiger charge is -2.44. The fourth-order valence-corrected chi connectivity index (χ4v) is 5.56. The molecule has 0 bridgehead atoms. The largest absolute Gasteiger partial charge is 0.463 e. The van der Waals surface area contributed by atoms with Gasteiger partial charge in [0.2, 0.25) is 0 Å². The lowest BCUT2D eigenvalue weighted by atomic mass is 9.97. The minimum Gasteiger partial charge on any atom is -0.463 e. The van der Waals surface area contributed by atoms with Crippen LogP contribution < -0.4 is 5.32 Å². The van der Waals surface area contributed by atoms with Crippen LogP contribution in [0.5, 0.6) is 0 Å². The number of esters is 4. The molecular weight excluding hydrogens is 603 g/mol. The van der Waals surface area contributed by atoms with E-state index >= 15 is 0 Å². The third kappa shape index (κ3) is 8.51. The predicted molar refractivity (Wildman–Crippen MR) is 149 cm³/mol. The van der Waals surface area contributed by atoms with Crippen LogP contribution >= 0.6 is 36.2 Å². The molecule has 5 atom stereocenters. The highest BCUT2D eigenvalue weighted by molar-refractivity contribution is 8.27. The van der Waals surface area contributed by atoms with Gasteiger partial charge in [-0.2, -0.15) is 0 Å². The zero-order valence-electron chi connectivity index (χ0n) is 22.1. The summed E-state index contributed by atoms with van der Waals surface area (Å²) in [5.41, 5.74) is 0.547. The summed E-state index contributed by atoms with van der Waals surface area (Å²) in [6, 6.07) is 5.44. The maximum atomic E-state index is 13.3. The first-order valence-electron chi connectivity index (χ1n) is 11.9. The average molecular weight is 629 g/mol. The summed E-state index contributed by atoms with van der Waals surface area (Å²) in [7, 11) is 0. The molecule has 2 aliphatic rings. The highest BCUT2D eigenvalue weighted by Crippen LogP contribution is 2.34. The summed E-state index contributed by atoms with van der Waals surface area (Å²) in [4.78, 5) is 61.8. The van der Waals surface area contributed by atoms with Crippen molar-refractivity contribution in [2.24, 2.45) is 0 Å². The first-order chi connectivity index (χ1) is 19.3. The number of halogens is 1. The number of nitrogens with one attached hydrogen (secondary N) is 1. The molecule has 41 heavy (non-hydrogen) atoms. The summed E-state index contributed by atoms with van der Waals surface area (Å²) in [6.07, 6.45) is -5.34. The summed E-state index contributed by atoms with van der Waals surface area (Å²) >= 11 is 11.7. The van der Waals surface area contributed by atoms with E-state index in [0.717, 1.165) is 44.4 Å². The molecule has 16 heteroatoms. The smallest absolute Gasteiger partial charge is 0.303 e. The van der Waals surface area contributed by atoms with Gasteiger partial charge in [0.1, 0.15) is 18.5 Å². The van der Waals surface area contributed by atoms with Crippen LogP contribution in [0.25, 0.3) is 6.08 Å². The van der Waals surface area contributed by atoms with E-state index in [1.807, 2.05) is 0 Å². The lowest BCUT2D eigenvalue weighted by molar-refractivity contribution is -0.255. The van der Waals surface area contributed by atoms with E-state index in [4.69, 9.17) is 48.1 Å². The molecule has 2 aliphatic heterocycles. The number of hydrogen-bond donors (Lipinski definition) is 1. The van der Waals surface area contributed by atoms with Crippen LogP contribution in [0.1, 0.15) is 33.3 Å². The SMILES string of the molecule is CC(=O)OCC1OC(NC(=S)N2C(=O)/C(=C/c3ccc(F)cc3)SC2=S)C(OC(C)=O)C(OC(C)=O)C1OC(C)=O. The first-order valence-corrected chi connectivity index (χ1v) is 13.5. The molecule has 1 amide bonds. The quantitative estimate of drug-likeness (QED) is 0.203. The van der Waals surface area contributed by atoms with Gasteiger partial charge < -0.3 is 29.0 Å². The van der Waals surface area contributed by atoms with Gasteiger partial charge in [0.25, 0.3) is 5.91 Å². The van der Waals surface area contributed by atoms with Crippen molar-refractivity contribution >= 4 is 81.5 Å². The van der Waals surface area contributed by atoms with Gasteiger partial charge in [-0.15, -0.1) is 0 Å². The number of carbonyl (C=O) groups excluding carboxylic acids is 5. The van der Waals surface area contributed by atoms with Crippen molar-refractivity contribution in [2.75, 3.05) is 6.61 Å². The Kier molecular flexibility index (Phi) is 10.9. The number of ether oxygens (including phenoxy) is 5. The molecule has 12 nitrogen and oxygen atoms in total. The topological polar surface area (TPSA) is 147 Å². The average Bonchev–Trinajstić information content (AvgIpc) is 3.14. The molecular formula is C25H25FN2O10S3. The van der Waals surface area contributed by atoms with Crippen molar-refractivity contribution in [1.29, 1.82) is 0 Å². The van der Waals surface area contributed by atoms with E-state index in [1.54, 1.807) is 0 Å². The lowest BCUT2D eigenvalue weighted by Crippen LogP contribution is -2.67. The Morgan fingerprint density at radius 3 is 2.10 bits per heavy atom. The van der Waals surface area contributed by atoms with Gasteiger partial charge in [0.05, 0.1) is 4.91 Å². The third-order valence-electron chi connectivity index (χ3n) is 5.42. The van der Waals surface area contributed by atoms with Crippen LogP contribution in [0.15, 0.2) is 29.2 Å². The highest BCUT2D eigenvalue weighted by Gasteiger charge is 2.53. The van der Waals surface area contributed by atoms with Crippen LogP contribution in [0.4, 0.5) is 4.39 Å². The number of thioether (sulfide) groups is 1. The van der Waals surface area contributed by atoms with Crippen LogP contribution in [0.2, 0.25) is 0 Å². The maximum Gasteiger partial charge on any atom is 0.303 e. The number of nitrogens with zero attached hydrogens (tertiary/aromatic N) is 1. The predicted octanol–water partition coefficient (Wildman–Crippen LogP) is 1.98. The molecule has 1 aromatic rings. The molecule has 1 aromatic carbocycles. The highest BCUT2D eigenvalue weighted by atomic mass is 32.2. The van der Waals surface area contributed by atoms with Gasteiger partial charge >= 0.3 is 23.9 Å². The van der Waals surface area contributed by atoms with Gasteiger partial charge in [-0.3, -0.25) is 24.0 Å². The van der Waals surface area contributed by atoms with E-state index in [0.29, 0.717) is 5.56 Å². The van der Waals surface area contributed by atoms with Crippen LogP contribution in [0, 0.1) is 5.82 Å². The first kappa shape index (κ1) is 32.0. The van der Waals surface area contributed by atoms with Crippen molar-refractivity contribution in [2.45, 2.75) is 58.3 Å². The number of thiocarbonyl (C=S) groups is 2. The molecule has 0 radical (unpaired) electrons. The van der Waals surface area contributed by atoms with Crippen LogP contribution in [-0.2, 0) is 47.7 Å². The number of rotatable bonds is 7. The summed E-state index contributed by atoms with van der Waals surface area (Å²) in [5.74, 6) is -4.09. The summed E-state index contributed by atoms with van der Waals surface area (Å²) in [5, 5.41) is 2.50. The minimum atomic E-state index is -1.44. The number of carbonyl (C=O) groups is 5. The summed E-state index contributed by atoms with van der Waals surface area (Å²) in [6.45, 7) is 3.99. The van der Waals surface area contributed by atoms with Crippen molar-refractivity contribution in [3.8, 4) is 0 Å². The molecule has 2 heterocycles. The second-order valence-corrected chi connectivity index (χ2v) is 10.7. The second-order valence-electron chi connectivity index (χ2n) is 8.64. The van der Waals surface area contributed by atoms with Crippen LogP contribution in [-0.4, -0.2) is 81.4 Å². The Morgan fingerprint density at radius 1 is 0.976 bits per heavy atom. The van der Waals surface area contributed by atoms with Crippen molar-refractivity contribution in [3.63, 3.8) is 0 Å². The molecule has 2 fully saturated rings. The fourth-order valence-electron chi connectivity index (χ4n) is 3.88. The van der Waals surface area contributed by atoms with Crippen molar-refractivity contribution < 1.29 is 52.0 Å². The Hall–Kier alpha value is -3.47. The van der Waals surface area contributed by atoms with Gasteiger partial charge in [-0.1, -0.05) is 36.1 Å². The van der Waals surface area contributed by atoms with E-state index in [2.05, 4.69) is 5.32 Å². The molecule has 0 aromatic heterocycles. The number of amides is 1. The molecule has 0 saturated carbocycles. The Bertz CT molecular complexity index is 1290. The Morgan fingerprint density at radius 2 is 1.54 bits per heavy atom. The fraction of sp³-hybridized carbons (Fsp3) is 0.400. The molecule has 5 unspecified atom stereocenters. The van der Waals surface area contributed by atoms with Gasteiger partial charge in [0, 0.05) is 27.7 Å². The molecule has 0 spiro atoms. The number of benzene rings is 1. The second kappa shape index (κ2) is 13.9. The third-order valence-corrected chi connectivity index (χ3v) is 7.02. The zero-order valence-corrected chi connectivity index (χ0v) is 24.6. The maximum absolute atomic E-state index is 13.3. The van der Waals surface area contributed by atoms with Crippen LogP contribution in [0.3, 0.4) is 0 Å². The number of hydrogen-bond acceptors (Lipinski definition) is 13. The Balaban J connectivity index is 1.92. The molecule has 1 N–H and O–H groups in total. The Labute approximate surface area is 248 Å². The molecule has 220 valence electrons. The van der Waals surface area contributed by atoms with E-state index in [1.165, 1.54) is 30.3 Å².